The van der Waals surface area contributed by atoms with Gasteiger partial charge in [0.1, 0.15) is 0 Å². The zero-order valence-electron chi connectivity index (χ0n) is 20.2. The molecule has 0 saturated carbocycles. The molecule has 0 unspecified atom stereocenters. The fraction of sp³-hybridized carbons (Fsp3) is 0.172. The van der Waals surface area contributed by atoms with Gasteiger partial charge in [0, 0.05) is 45.8 Å². The second kappa shape index (κ2) is 10.8. The van der Waals surface area contributed by atoms with Crippen molar-refractivity contribution in [3.05, 3.63) is 104 Å². The van der Waals surface area contributed by atoms with Gasteiger partial charge in [-0.1, -0.05) is 65.7 Å². The molecule has 1 aliphatic heterocycles. The van der Waals surface area contributed by atoms with Crippen LogP contribution < -0.4 is 5.56 Å². The third-order valence-electron chi connectivity index (χ3n) is 6.53. The Kier molecular flexibility index (Phi) is 7.31. The Morgan fingerprint density at radius 3 is 2.37 bits per heavy atom. The first-order valence-electron chi connectivity index (χ1n) is 12.1. The average Bonchev–Trinajstić information content (AvgIpc) is 3.34. The average molecular weight is 548 g/mol. The predicted octanol–water partition coefficient (Wildman–Crippen LogP) is 6.43. The molecule has 1 amide bonds. The van der Waals surface area contributed by atoms with Crippen LogP contribution in [0.4, 0.5) is 0 Å². The van der Waals surface area contributed by atoms with Gasteiger partial charge in [0.05, 0.1) is 17.3 Å². The molecule has 5 rings (SSSR count). The summed E-state index contributed by atoms with van der Waals surface area (Å²) < 4.78 is 0. The number of carboxylic acid groups (broad SMARTS) is 1. The number of aromatic amines is 1. The lowest BCUT2D eigenvalue weighted by molar-refractivity contribution is -0.137. The van der Waals surface area contributed by atoms with Gasteiger partial charge in [-0.15, -0.1) is 0 Å². The Labute approximate surface area is 228 Å². The number of carbonyl (C=O) groups is 2. The molecule has 1 aromatic heterocycles. The van der Waals surface area contributed by atoms with E-state index in [2.05, 4.69) is 10.1 Å². The maximum atomic E-state index is 13.6. The maximum absolute atomic E-state index is 13.6. The number of aromatic nitrogens is 1. The molecule has 7 nitrogen and oxygen atoms in total. The highest BCUT2D eigenvalue weighted by molar-refractivity contribution is 6.31. The molecule has 2 N–H and O–H groups in total. The van der Waals surface area contributed by atoms with Gasteiger partial charge in [0.2, 0.25) is 5.91 Å². The summed E-state index contributed by atoms with van der Waals surface area (Å²) in [6.07, 6.45) is 0.377. The van der Waals surface area contributed by atoms with Crippen LogP contribution in [0, 0.1) is 0 Å². The van der Waals surface area contributed by atoms with Gasteiger partial charge in [-0.2, -0.15) is 5.10 Å². The summed E-state index contributed by atoms with van der Waals surface area (Å²) in [4.78, 5) is 40.7. The fourth-order valence-corrected chi connectivity index (χ4v) is 5.08. The molecular formula is C29H23Cl2N3O4. The minimum Gasteiger partial charge on any atom is -0.481 e. The van der Waals surface area contributed by atoms with Crippen molar-refractivity contribution in [1.29, 1.82) is 0 Å². The smallest absolute Gasteiger partial charge is 0.303 e. The summed E-state index contributed by atoms with van der Waals surface area (Å²) in [6.45, 7) is 0. The molecule has 3 aromatic carbocycles. The number of rotatable bonds is 7. The second-order valence-corrected chi connectivity index (χ2v) is 9.94. The fourth-order valence-electron chi connectivity index (χ4n) is 4.79. The number of carbonyl (C=O) groups excluding carboxylic acids is 1. The molecule has 4 aromatic rings. The zero-order valence-corrected chi connectivity index (χ0v) is 21.7. The van der Waals surface area contributed by atoms with E-state index in [4.69, 9.17) is 28.3 Å². The maximum Gasteiger partial charge on any atom is 0.303 e. The van der Waals surface area contributed by atoms with Crippen molar-refractivity contribution in [2.45, 2.75) is 31.7 Å². The zero-order chi connectivity index (χ0) is 26.8. The van der Waals surface area contributed by atoms with E-state index in [0.717, 1.165) is 16.5 Å². The number of pyridine rings is 1. The Morgan fingerprint density at radius 2 is 1.66 bits per heavy atom. The highest BCUT2D eigenvalue weighted by atomic mass is 35.5. The Hall–Kier alpha value is -3.94. The van der Waals surface area contributed by atoms with Crippen LogP contribution in [0.1, 0.15) is 42.9 Å². The van der Waals surface area contributed by atoms with Crippen molar-refractivity contribution in [3.63, 3.8) is 0 Å². The summed E-state index contributed by atoms with van der Waals surface area (Å²) in [7, 11) is 0. The minimum atomic E-state index is -0.966. The van der Waals surface area contributed by atoms with Gasteiger partial charge in [-0.25, -0.2) is 5.01 Å². The van der Waals surface area contributed by atoms with E-state index in [1.54, 1.807) is 30.3 Å². The Balaban J connectivity index is 1.66. The number of nitrogens with zero attached hydrogens (tertiary/aromatic N) is 2. The van der Waals surface area contributed by atoms with Gasteiger partial charge >= 0.3 is 5.97 Å². The molecule has 9 heteroatoms. The molecule has 1 atom stereocenters. The minimum absolute atomic E-state index is 0.0163. The van der Waals surface area contributed by atoms with Gasteiger partial charge in [-0.05, 0) is 47.9 Å². The van der Waals surface area contributed by atoms with E-state index in [-0.39, 0.29) is 30.7 Å². The molecule has 0 radical (unpaired) electrons. The van der Waals surface area contributed by atoms with E-state index in [1.807, 2.05) is 42.5 Å². The van der Waals surface area contributed by atoms with Crippen LogP contribution in [-0.2, 0) is 9.59 Å². The largest absolute Gasteiger partial charge is 0.481 e. The molecule has 0 saturated heterocycles. The van der Waals surface area contributed by atoms with E-state index in [9.17, 15) is 14.4 Å². The number of amides is 1. The number of hydrogen-bond acceptors (Lipinski definition) is 4. The molecule has 0 spiro atoms. The van der Waals surface area contributed by atoms with E-state index < -0.39 is 12.0 Å². The molecule has 38 heavy (non-hydrogen) atoms. The number of H-pyrrole nitrogens is 1. The SMILES string of the molecule is O=C(O)CCCC(=O)N1N=C(c2c(-c3ccccc3)c3cc(Cl)ccc3[nH]c2=O)C[C@H]1c1ccc(Cl)cc1. The summed E-state index contributed by atoms with van der Waals surface area (Å²) in [5.74, 6) is -1.28. The van der Waals surface area contributed by atoms with E-state index >= 15 is 0 Å². The quantitative estimate of drug-likeness (QED) is 0.278. The van der Waals surface area contributed by atoms with Crippen molar-refractivity contribution in [2.24, 2.45) is 5.10 Å². The molecule has 2 heterocycles. The predicted molar refractivity (Wildman–Crippen MR) is 149 cm³/mol. The van der Waals surface area contributed by atoms with Crippen LogP contribution in [0.2, 0.25) is 10.0 Å². The second-order valence-electron chi connectivity index (χ2n) is 9.06. The van der Waals surface area contributed by atoms with Crippen molar-refractivity contribution < 1.29 is 14.7 Å². The lowest BCUT2D eigenvalue weighted by atomic mass is 9.91. The van der Waals surface area contributed by atoms with Gasteiger partial charge in [0.25, 0.3) is 5.56 Å². The highest BCUT2D eigenvalue weighted by Gasteiger charge is 2.35. The normalized spacial score (nSPS) is 15.1. The van der Waals surface area contributed by atoms with Crippen LogP contribution in [0.25, 0.3) is 22.0 Å². The number of aliphatic carboxylic acids is 1. The Bertz CT molecular complexity index is 1620. The van der Waals surface area contributed by atoms with Crippen molar-refractivity contribution in [3.8, 4) is 11.1 Å². The molecule has 0 aliphatic carbocycles. The summed E-state index contributed by atoms with van der Waals surface area (Å²) >= 11 is 12.5. The van der Waals surface area contributed by atoms with Crippen molar-refractivity contribution >= 4 is 51.7 Å². The number of carboxylic acids is 1. The van der Waals surface area contributed by atoms with Crippen LogP contribution in [0.3, 0.4) is 0 Å². The first-order valence-corrected chi connectivity index (χ1v) is 12.9. The number of hydrazone groups is 1. The number of halogens is 2. The monoisotopic (exact) mass is 547 g/mol. The van der Waals surface area contributed by atoms with Crippen molar-refractivity contribution in [1.82, 2.24) is 9.99 Å². The Morgan fingerprint density at radius 1 is 0.947 bits per heavy atom. The lowest BCUT2D eigenvalue weighted by Gasteiger charge is -2.22. The lowest BCUT2D eigenvalue weighted by Crippen LogP contribution is -2.27. The van der Waals surface area contributed by atoms with Crippen LogP contribution in [0.5, 0.6) is 0 Å². The van der Waals surface area contributed by atoms with Crippen molar-refractivity contribution in [2.75, 3.05) is 0 Å². The first-order chi connectivity index (χ1) is 18.3. The van der Waals surface area contributed by atoms with E-state index in [0.29, 0.717) is 38.8 Å². The van der Waals surface area contributed by atoms with E-state index in [1.165, 1.54) is 5.01 Å². The van der Waals surface area contributed by atoms with Crippen LogP contribution >= 0.6 is 23.2 Å². The standard InChI is InChI=1S/C29H23Cl2N3O4/c30-19-11-9-17(10-12-19)24-16-23(33-34(24)25(35)7-4-8-26(36)37)28-27(18-5-2-1-3-6-18)21-15-20(31)13-14-22(21)32-29(28)38/h1-3,5-6,9-15,24H,4,7-8,16H2,(H,32,38)(H,36,37)/t24-/m0/s1. The third kappa shape index (κ3) is 5.21. The topological polar surface area (TPSA) is 103 Å². The third-order valence-corrected chi connectivity index (χ3v) is 7.02. The van der Waals surface area contributed by atoms with Gasteiger partial charge < -0.3 is 10.1 Å². The number of fused-ring (bicyclic) bond motifs is 1. The molecule has 0 bridgehead atoms. The number of nitrogens with one attached hydrogen (secondary N) is 1. The van der Waals surface area contributed by atoms with Gasteiger partial charge in [-0.3, -0.25) is 14.4 Å². The van der Waals surface area contributed by atoms with Gasteiger partial charge in [0.15, 0.2) is 0 Å². The summed E-state index contributed by atoms with van der Waals surface area (Å²) in [5.41, 5.74) is 3.44. The first kappa shape index (κ1) is 25.7. The highest BCUT2D eigenvalue weighted by Crippen LogP contribution is 2.38. The molecular weight excluding hydrogens is 525 g/mol. The molecule has 192 valence electrons. The molecule has 0 fully saturated rings. The molecule has 1 aliphatic rings. The number of hydrogen-bond donors (Lipinski definition) is 2. The summed E-state index contributed by atoms with van der Waals surface area (Å²) in [6, 6.07) is 21.4. The number of benzene rings is 3. The van der Waals surface area contributed by atoms with Crippen LogP contribution in [0.15, 0.2) is 82.7 Å². The van der Waals surface area contributed by atoms with Crippen LogP contribution in [-0.4, -0.2) is 32.7 Å². The summed E-state index contributed by atoms with van der Waals surface area (Å²) in [5, 5.41) is 16.9.